The average Bonchev–Trinajstić information content (AvgIpc) is 3.30. The summed E-state index contributed by atoms with van der Waals surface area (Å²) >= 11 is 0. The number of fused-ring (bicyclic) bond motifs is 1. The van der Waals surface area contributed by atoms with Crippen LogP contribution in [0.4, 0.5) is 0 Å². The molecule has 2 aromatic rings. The van der Waals surface area contributed by atoms with Crippen molar-refractivity contribution >= 4 is 5.97 Å². The summed E-state index contributed by atoms with van der Waals surface area (Å²) in [5, 5.41) is 4.23. The van der Waals surface area contributed by atoms with Crippen LogP contribution < -0.4 is 0 Å². The molecule has 0 spiro atoms. The van der Waals surface area contributed by atoms with E-state index in [2.05, 4.69) is 22.2 Å². The molecule has 0 unspecified atom stereocenters. The van der Waals surface area contributed by atoms with E-state index in [1.54, 1.807) is 0 Å². The molecular weight excluding hydrogens is 330 g/mol. The lowest BCUT2D eigenvalue weighted by molar-refractivity contribution is -0.144. The van der Waals surface area contributed by atoms with Gasteiger partial charge in [0.05, 0.1) is 18.6 Å². The van der Waals surface area contributed by atoms with Crippen molar-refractivity contribution in [3.63, 3.8) is 0 Å². The molecule has 26 heavy (non-hydrogen) atoms. The molecule has 0 bridgehead atoms. The lowest BCUT2D eigenvalue weighted by Gasteiger charge is -2.24. The quantitative estimate of drug-likeness (QED) is 0.742. The minimum absolute atomic E-state index is 0.103. The summed E-state index contributed by atoms with van der Waals surface area (Å²) in [7, 11) is 0. The topological polar surface area (TPSA) is 68.5 Å². The van der Waals surface area contributed by atoms with Crippen LogP contribution >= 0.6 is 0 Å². The van der Waals surface area contributed by atoms with Gasteiger partial charge in [-0.25, -0.2) is 0 Å². The molecule has 0 amide bonds. The Morgan fingerprint density at radius 3 is 3.04 bits per heavy atom. The van der Waals surface area contributed by atoms with Crippen LogP contribution in [0.25, 0.3) is 0 Å². The van der Waals surface area contributed by atoms with Crippen LogP contribution in [0.2, 0.25) is 0 Å². The molecule has 1 saturated carbocycles. The Kier molecular flexibility index (Phi) is 4.76. The lowest BCUT2D eigenvalue weighted by atomic mass is 9.80. The van der Waals surface area contributed by atoms with E-state index >= 15 is 0 Å². The Balaban J connectivity index is 1.49. The maximum Gasteiger partial charge on any atom is 0.320 e. The molecule has 138 valence electrons. The first kappa shape index (κ1) is 17.2. The van der Waals surface area contributed by atoms with Gasteiger partial charge in [0.1, 0.15) is 0 Å². The van der Waals surface area contributed by atoms with Crippen LogP contribution in [0.1, 0.15) is 43.5 Å². The third kappa shape index (κ3) is 3.26. The van der Waals surface area contributed by atoms with E-state index in [9.17, 15) is 4.79 Å². The van der Waals surface area contributed by atoms with Crippen LogP contribution in [0, 0.1) is 5.92 Å². The second-order valence-electron chi connectivity index (χ2n) is 7.40. The highest BCUT2D eigenvalue weighted by atomic mass is 16.5. The fourth-order valence-electron chi connectivity index (χ4n) is 4.56. The van der Waals surface area contributed by atoms with Crippen molar-refractivity contribution in [2.45, 2.75) is 38.0 Å². The van der Waals surface area contributed by atoms with Crippen molar-refractivity contribution < 1.29 is 14.1 Å². The predicted molar refractivity (Wildman–Crippen MR) is 95.6 cm³/mol. The number of hydrogen-bond acceptors (Lipinski definition) is 6. The third-order valence-electron chi connectivity index (χ3n) is 5.70. The summed E-state index contributed by atoms with van der Waals surface area (Å²) in [5.74, 6) is 1.80. The highest BCUT2D eigenvalue weighted by Crippen LogP contribution is 2.49. The molecule has 0 N–H and O–H groups in total. The molecule has 2 heterocycles. The van der Waals surface area contributed by atoms with Crippen LogP contribution in [0.5, 0.6) is 0 Å². The summed E-state index contributed by atoms with van der Waals surface area (Å²) in [5.41, 5.74) is 1.07. The molecule has 0 radical (unpaired) electrons. The van der Waals surface area contributed by atoms with Crippen LogP contribution in [-0.4, -0.2) is 47.3 Å². The Morgan fingerprint density at radius 1 is 1.38 bits per heavy atom. The van der Waals surface area contributed by atoms with E-state index in [0.717, 1.165) is 37.6 Å². The smallest absolute Gasteiger partial charge is 0.320 e. The maximum atomic E-state index is 11.9. The standard InChI is InChI=1S/C20H25N3O3/c1-2-25-18(24)13-23-12-16-9-6-10-20(16,14-23)19-21-17(22-26-19)11-15-7-4-3-5-8-15/h3-5,7-8,16H,2,6,9-14H2,1H3/t16-,20-/m1/s1. The number of nitrogens with zero attached hydrogens (tertiary/aromatic N) is 3. The molecule has 1 saturated heterocycles. The Labute approximate surface area is 153 Å². The van der Waals surface area contributed by atoms with Gasteiger partial charge in [-0.2, -0.15) is 4.98 Å². The summed E-state index contributed by atoms with van der Waals surface area (Å²) < 4.78 is 10.8. The number of likely N-dealkylation sites (tertiary alicyclic amines) is 1. The zero-order chi connectivity index (χ0) is 18.0. The number of ether oxygens (including phenoxy) is 1. The minimum atomic E-state index is -0.155. The minimum Gasteiger partial charge on any atom is -0.465 e. The second-order valence-corrected chi connectivity index (χ2v) is 7.40. The molecular formula is C20H25N3O3. The molecule has 2 aliphatic rings. The first-order valence-electron chi connectivity index (χ1n) is 9.44. The summed E-state index contributed by atoms with van der Waals surface area (Å²) in [6.45, 7) is 4.30. The largest absolute Gasteiger partial charge is 0.465 e. The molecule has 2 atom stereocenters. The van der Waals surface area contributed by atoms with Crippen LogP contribution in [0.15, 0.2) is 34.9 Å². The van der Waals surface area contributed by atoms with Gasteiger partial charge in [-0.05, 0) is 31.2 Å². The van der Waals surface area contributed by atoms with E-state index in [0.29, 0.717) is 25.5 Å². The second kappa shape index (κ2) is 7.19. The highest BCUT2D eigenvalue weighted by Gasteiger charge is 2.54. The molecule has 4 rings (SSSR count). The average molecular weight is 355 g/mol. The van der Waals surface area contributed by atoms with Gasteiger partial charge in [0.25, 0.3) is 0 Å². The zero-order valence-corrected chi connectivity index (χ0v) is 15.2. The molecule has 6 heteroatoms. The van der Waals surface area contributed by atoms with Crippen LogP contribution in [-0.2, 0) is 21.4 Å². The van der Waals surface area contributed by atoms with E-state index in [1.165, 1.54) is 12.0 Å². The summed E-state index contributed by atoms with van der Waals surface area (Å²) in [6.07, 6.45) is 4.05. The van der Waals surface area contributed by atoms with E-state index in [4.69, 9.17) is 14.2 Å². The molecule has 1 aromatic carbocycles. The van der Waals surface area contributed by atoms with Gasteiger partial charge in [-0.1, -0.05) is 41.9 Å². The molecule has 2 fully saturated rings. The predicted octanol–water partition coefficient (Wildman–Crippen LogP) is 2.58. The molecule has 1 aliphatic carbocycles. The molecule has 6 nitrogen and oxygen atoms in total. The first-order valence-corrected chi connectivity index (χ1v) is 9.44. The van der Waals surface area contributed by atoms with Gasteiger partial charge in [0.2, 0.25) is 5.89 Å². The number of carbonyl (C=O) groups excluding carboxylic acids is 1. The van der Waals surface area contributed by atoms with Gasteiger partial charge in [0, 0.05) is 19.5 Å². The zero-order valence-electron chi connectivity index (χ0n) is 15.2. The van der Waals surface area contributed by atoms with Crippen molar-refractivity contribution in [1.29, 1.82) is 0 Å². The lowest BCUT2D eigenvalue weighted by Crippen LogP contribution is -2.34. The number of aromatic nitrogens is 2. The van der Waals surface area contributed by atoms with Crippen molar-refractivity contribution in [1.82, 2.24) is 15.0 Å². The van der Waals surface area contributed by atoms with Crippen molar-refractivity contribution in [3.05, 3.63) is 47.6 Å². The number of hydrogen-bond donors (Lipinski definition) is 0. The highest BCUT2D eigenvalue weighted by molar-refractivity contribution is 5.71. The number of esters is 1. The van der Waals surface area contributed by atoms with Crippen molar-refractivity contribution in [3.8, 4) is 0 Å². The first-order chi connectivity index (χ1) is 12.7. The van der Waals surface area contributed by atoms with E-state index in [1.807, 2.05) is 25.1 Å². The number of benzene rings is 1. The van der Waals surface area contributed by atoms with Gasteiger partial charge in [-0.3, -0.25) is 9.69 Å². The van der Waals surface area contributed by atoms with Crippen molar-refractivity contribution in [2.24, 2.45) is 5.92 Å². The number of rotatable bonds is 6. The normalized spacial score (nSPS) is 25.3. The maximum absolute atomic E-state index is 11.9. The molecule has 1 aromatic heterocycles. The van der Waals surface area contributed by atoms with Crippen molar-refractivity contribution in [2.75, 3.05) is 26.2 Å². The fourth-order valence-corrected chi connectivity index (χ4v) is 4.56. The van der Waals surface area contributed by atoms with E-state index in [-0.39, 0.29) is 11.4 Å². The molecule has 1 aliphatic heterocycles. The Bertz CT molecular complexity index is 761. The third-order valence-corrected chi connectivity index (χ3v) is 5.70. The van der Waals surface area contributed by atoms with Gasteiger partial charge < -0.3 is 9.26 Å². The Hall–Kier alpha value is -2.21. The fraction of sp³-hybridized carbons (Fsp3) is 0.550. The van der Waals surface area contributed by atoms with Gasteiger partial charge in [0.15, 0.2) is 5.82 Å². The van der Waals surface area contributed by atoms with Gasteiger partial charge >= 0.3 is 5.97 Å². The SMILES string of the molecule is CCOC(=O)CN1C[C@H]2CCC[C@@]2(c2nc(Cc3ccccc3)no2)C1. The van der Waals surface area contributed by atoms with Crippen LogP contribution in [0.3, 0.4) is 0 Å². The van der Waals surface area contributed by atoms with Gasteiger partial charge in [-0.15, -0.1) is 0 Å². The summed E-state index contributed by atoms with van der Waals surface area (Å²) in [6, 6.07) is 10.2. The monoisotopic (exact) mass is 355 g/mol. The summed E-state index contributed by atoms with van der Waals surface area (Å²) in [4.78, 5) is 18.8. The Morgan fingerprint density at radius 2 is 2.23 bits per heavy atom. The van der Waals surface area contributed by atoms with E-state index < -0.39 is 0 Å². The number of carbonyl (C=O) groups is 1.